The molecule has 0 aliphatic heterocycles. The number of benzene rings is 2. The summed E-state index contributed by atoms with van der Waals surface area (Å²) in [5.74, 6) is -0.353. The second kappa shape index (κ2) is 19.2. The summed E-state index contributed by atoms with van der Waals surface area (Å²) in [7, 11) is -5.11. The van der Waals surface area contributed by atoms with E-state index in [1.165, 1.54) is 36.0 Å². The molecule has 0 aliphatic rings. The lowest BCUT2D eigenvalue weighted by atomic mass is 10.1. The number of aromatic nitrogens is 3. The average molecular weight is 813 g/mol. The fraction of sp³-hybridized carbons (Fsp3) is 0.436. The van der Waals surface area contributed by atoms with Gasteiger partial charge in [-0.05, 0) is 88.5 Å². The molecule has 14 nitrogen and oxygen atoms in total. The molecule has 0 atom stereocenters. The van der Waals surface area contributed by atoms with Crippen molar-refractivity contribution < 1.29 is 41.3 Å². The van der Waals surface area contributed by atoms with Gasteiger partial charge in [-0.2, -0.15) is 5.10 Å². The van der Waals surface area contributed by atoms with Crippen LogP contribution in [0.15, 0.2) is 60.8 Å². The summed E-state index contributed by atoms with van der Waals surface area (Å²) in [4.78, 5) is 29.7. The molecule has 0 bridgehead atoms. The van der Waals surface area contributed by atoms with Gasteiger partial charge < -0.3 is 30.0 Å². The van der Waals surface area contributed by atoms with E-state index in [2.05, 4.69) is 34.7 Å². The maximum absolute atomic E-state index is 13.5. The Kier molecular flexibility index (Phi) is 15.0. The molecule has 0 saturated heterocycles. The summed E-state index contributed by atoms with van der Waals surface area (Å²) in [5.41, 5.74) is 6.93. The van der Waals surface area contributed by atoms with Crippen molar-refractivity contribution in [3.8, 4) is 22.8 Å². The van der Waals surface area contributed by atoms with Crippen molar-refractivity contribution >= 4 is 47.3 Å². The number of primary amides is 1. The summed E-state index contributed by atoms with van der Waals surface area (Å²) in [5, 5.41) is 7.92. The van der Waals surface area contributed by atoms with Gasteiger partial charge >= 0.3 is 5.97 Å². The van der Waals surface area contributed by atoms with Crippen molar-refractivity contribution in [2.45, 2.75) is 91.6 Å². The molecule has 4 aromatic rings. The van der Waals surface area contributed by atoms with Crippen LogP contribution in [0.5, 0.6) is 11.5 Å². The number of ether oxygens (including phenoxy) is 4. The summed E-state index contributed by atoms with van der Waals surface area (Å²) in [6, 6.07) is 14.7. The van der Waals surface area contributed by atoms with E-state index in [0.29, 0.717) is 55.2 Å². The van der Waals surface area contributed by atoms with Gasteiger partial charge in [0.2, 0.25) is 10.0 Å². The highest BCUT2D eigenvalue weighted by atomic mass is 32.2. The highest BCUT2D eigenvalue weighted by Crippen LogP contribution is 2.36. The summed E-state index contributed by atoms with van der Waals surface area (Å²) < 4.78 is 66.0. The molecular formula is C39H53FN6O8SSi. The smallest absolute Gasteiger partial charge is 0.306 e. The van der Waals surface area contributed by atoms with Gasteiger partial charge in [0.25, 0.3) is 5.91 Å². The number of hydrogen-bond acceptors (Lipinski definition) is 11. The third-order valence-electron chi connectivity index (χ3n) is 8.06. The minimum absolute atomic E-state index is 0.00308. The van der Waals surface area contributed by atoms with Crippen molar-refractivity contribution in [1.29, 1.82) is 0 Å². The summed E-state index contributed by atoms with van der Waals surface area (Å²) in [6.07, 6.45) is 3.09. The molecule has 1 amide bonds. The fourth-order valence-electron chi connectivity index (χ4n) is 5.12. The molecule has 4 N–H and O–H groups in total. The fourth-order valence-corrected chi connectivity index (χ4v) is 6.52. The van der Waals surface area contributed by atoms with E-state index in [1.54, 1.807) is 36.4 Å². The lowest BCUT2D eigenvalue weighted by molar-refractivity contribution is -0.154. The minimum atomic E-state index is -3.69. The van der Waals surface area contributed by atoms with Gasteiger partial charge in [0.05, 0.1) is 24.2 Å². The van der Waals surface area contributed by atoms with Crippen molar-refractivity contribution in [2.75, 3.05) is 29.0 Å². The minimum Gasteiger partial charge on any atom is -0.492 e. The topological polar surface area (TPSA) is 186 Å². The molecule has 17 heteroatoms. The molecule has 0 aliphatic carbocycles. The van der Waals surface area contributed by atoms with E-state index in [1.807, 2.05) is 20.8 Å². The number of hydrogen-bond donors (Lipinski definition) is 3. The number of nitrogens with zero attached hydrogens (tertiary/aromatic N) is 3. The molecule has 304 valence electrons. The Morgan fingerprint density at radius 2 is 1.71 bits per heavy atom. The van der Waals surface area contributed by atoms with Crippen LogP contribution in [0.1, 0.15) is 62.9 Å². The zero-order valence-electron chi connectivity index (χ0n) is 33.1. The Hall–Kier alpha value is -5.00. The Balaban J connectivity index is 1.62. The van der Waals surface area contributed by atoms with E-state index in [4.69, 9.17) is 29.8 Å². The van der Waals surface area contributed by atoms with Gasteiger partial charge in [-0.15, -0.1) is 0 Å². The van der Waals surface area contributed by atoms with Crippen LogP contribution in [0, 0.1) is 5.82 Å². The van der Waals surface area contributed by atoms with Crippen molar-refractivity contribution in [2.24, 2.45) is 5.73 Å². The van der Waals surface area contributed by atoms with Crippen LogP contribution in [0.2, 0.25) is 25.7 Å². The molecule has 0 radical (unpaired) electrons. The molecule has 56 heavy (non-hydrogen) atoms. The first kappa shape index (κ1) is 43.7. The number of carbonyl (C=O) groups excluding carboxylic acids is 2. The number of anilines is 3. The number of unbranched alkanes of at least 4 members (excludes halogenated alkanes) is 1. The highest BCUT2D eigenvalue weighted by molar-refractivity contribution is 7.92. The zero-order chi connectivity index (χ0) is 41.1. The van der Waals surface area contributed by atoms with Gasteiger partial charge in [0, 0.05) is 26.7 Å². The van der Waals surface area contributed by atoms with Gasteiger partial charge in [0.15, 0.2) is 0 Å². The van der Waals surface area contributed by atoms with Crippen molar-refractivity contribution in [3.05, 3.63) is 77.7 Å². The van der Waals surface area contributed by atoms with Crippen LogP contribution < -0.4 is 25.2 Å². The van der Waals surface area contributed by atoms with Crippen molar-refractivity contribution in [1.82, 2.24) is 14.8 Å². The summed E-state index contributed by atoms with van der Waals surface area (Å²) in [6.45, 7) is 14.6. The Morgan fingerprint density at radius 1 is 0.982 bits per heavy atom. The lowest BCUT2D eigenvalue weighted by Gasteiger charge is -2.19. The molecule has 2 aromatic carbocycles. The molecule has 0 unspecified atom stereocenters. The summed E-state index contributed by atoms with van der Waals surface area (Å²) >= 11 is 0. The number of pyridine rings is 1. The Morgan fingerprint density at radius 3 is 2.34 bits per heavy atom. The number of halogens is 1. The second-order valence-corrected chi connectivity index (χ2v) is 22.9. The van der Waals surface area contributed by atoms with Gasteiger partial charge in [-0.3, -0.25) is 14.3 Å². The molecule has 0 spiro atoms. The van der Waals surface area contributed by atoms with Crippen molar-refractivity contribution in [3.63, 3.8) is 0 Å². The predicted octanol–water partition coefficient (Wildman–Crippen LogP) is 7.47. The molecule has 2 aromatic heterocycles. The normalized spacial score (nSPS) is 11.9. The standard InChI is InChI=1S/C39H53FN6O8SSi/c1-8-55(49,50)45-31-18-14-28(23-32(31)53-25-27-12-15-29(40)16-13-27)36-35(37(41)48)38(46(44-36)26-51-21-22-56(5,6)7)43-33-19-17-30(24-42-33)52-20-10-9-11-34(47)54-39(2,3)4/h12-19,23-24,45H,8-11,20-22,25-26H2,1-7H3,(H2,41,48)(H,42,43). The van der Waals surface area contributed by atoms with Crippen LogP contribution in [-0.4, -0.2) is 67.7 Å². The lowest BCUT2D eigenvalue weighted by Crippen LogP contribution is -2.23. The van der Waals surface area contributed by atoms with Crippen LogP contribution >= 0.6 is 0 Å². The zero-order valence-corrected chi connectivity index (χ0v) is 34.9. The van der Waals surface area contributed by atoms with E-state index in [0.717, 1.165) is 6.04 Å². The number of amides is 1. The third-order valence-corrected chi connectivity index (χ3v) is 11.1. The number of esters is 1. The maximum Gasteiger partial charge on any atom is 0.306 e. The number of nitrogens with two attached hydrogens (primary N) is 1. The van der Waals surface area contributed by atoms with E-state index < -0.39 is 35.4 Å². The molecule has 0 saturated carbocycles. The van der Waals surface area contributed by atoms with Crippen LogP contribution in [-0.2, 0) is 37.6 Å². The third kappa shape index (κ3) is 13.9. The number of sulfonamides is 1. The van der Waals surface area contributed by atoms with Crippen LogP contribution in [0.4, 0.5) is 21.7 Å². The van der Waals surface area contributed by atoms with Crippen LogP contribution in [0.3, 0.4) is 0 Å². The first-order chi connectivity index (χ1) is 26.3. The van der Waals surface area contributed by atoms with Gasteiger partial charge in [0.1, 0.15) is 59.1 Å². The van der Waals surface area contributed by atoms with E-state index in [-0.39, 0.29) is 53.6 Å². The predicted molar refractivity (Wildman–Crippen MR) is 217 cm³/mol. The molecule has 4 rings (SSSR count). The van der Waals surface area contributed by atoms with Gasteiger partial charge in [-0.25, -0.2) is 22.5 Å². The van der Waals surface area contributed by atoms with E-state index >= 15 is 0 Å². The molecule has 2 heterocycles. The maximum atomic E-state index is 13.5. The first-order valence-electron chi connectivity index (χ1n) is 18.4. The second-order valence-electron chi connectivity index (χ2n) is 15.3. The van der Waals surface area contributed by atoms with Gasteiger partial charge in [-0.1, -0.05) is 37.8 Å². The quantitative estimate of drug-likeness (QED) is 0.0431. The molecular weight excluding hydrogens is 760 g/mol. The number of nitrogens with one attached hydrogen (secondary N) is 2. The number of carbonyl (C=O) groups is 2. The Bertz CT molecular complexity index is 2050. The first-order valence-corrected chi connectivity index (χ1v) is 23.8. The molecule has 0 fully saturated rings. The largest absolute Gasteiger partial charge is 0.492 e. The highest BCUT2D eigenvalue weighted by Gasteiger charge is 2.26. The monoisotopic (exact) mass is 812 g/mol. The number of rotatable bonds is 21. The Labute approximate surface area is 329 Å². The van der Waals surface area contributed by atoms with Crippen LogP contribution in [0.25, 0.3) is 11.3 Å². The van der Waals surface area contributed by atoms with E-state index in [9.17, 15) is 22.4 Å². The average Bonchev–Trinajstić information content (AvgIpc) is 3.47. The SMILES string of the molecule is CCS(=O)(=O)Nc1ccc(-c2nn(COCC[Si](C)(C)C)c(Nc3ccc(OCCCCC(=O)OC(C)(C)C)cn3)c2C(N)=O)cc1OCc1ccc(F)cc1.